The summed E-state index contributed by atoms with van der Waals surface area (Å²) in [6.07, 6.45) is 0. The molecule has 0 aromatic heterocycles. The fourth-order valence-electron chi connectivity index (χ4n) is 2.76. The van der Waals surface area contributed by atoms with E-state index < -0.39 is 17.7 Å². The maximum absolute atomic E-state index is 13.0. The Morgan fingerprint density at radius 1 is 0.970 bits per heavy atom. The molecule has 0 saturated carbocycles. The van der Waals surface area contributed by atoms with Gasteiger partial charge in [0.2, 0.25) is 6.04 Å². The van der Waals surface area contributed by atoms with E-state index in [-0.39, 0.29) is 16.4 Å². The molecule has 2 aromatic rings. The number of carbonyl (C=O) groups excluding carboxylic acids is 2. The van der Waals surface area contributed by atoms with E-state index in [0.717, 1.165) is 4.42 Å². The van der Waals surface area contributed by atoms with E-state index in [4.69, 9.17) is 42.3 Å². The zero-order valence-corrected chi connectivity index (χ0v) is 20.4. The number of rotatable bonds is 11. The molecule has 0 saturated heterocycles. The van der Waals surface area contributed by atoms with Crippen molar-refractivity contribution >= 4 is 46.4 Å². The van der Waals surface area contributed by atoms with Crippen molar-refractivity contribution < 1.29 is 28.5 Å². The number of azo groups is 1. The van der Waals surface area contributed by atoms with Gasteiger partial charge in [-0.2, -0.15) is 5.11 Å². The molecule has 1 unspecified atom stereocenters. The van der Waals surface area contributed by atoms with Crippen LogP contribution in [-0.2, 0) is 9.59 Å². The predicted molar refractivity (Wildman–Crippen MR) is 126 cm³/mol. The van der Waals surface area contributed by atoms with Crippen molar-refractivity contribution in [2.45, 2.75) is 26.8 Å². The average Bonchev–Trinajstić information content (AvgIpc) is 2.81. The minimum atomic E-state index is -1.52. The van der Waals surface area contributed by atoms with Crippen LogP contribution in [0.2, 0.25) is 5.02 Å². The Morgan fingerprint density at radius 3 is 2.12 bits per heavy atom. The third kappa shape index (κ3) is 6.27. The highest BCUT2D eigenvalue weighted by atomic mass is 35.5. The SMILES string of the molecule is CCOc1ccc(OCC)c(N=NC(C(C)=O)C(=O)N(Cl)c2ccc(OC)c(OC)c2)c1Cl. The van der Waals surface area contributed by atoms with Gasteiger partial charge in [-0.1, -0.05) is 11.6 Å². The normalized spacial score (nSPS) is 11.7. The summed E-state index contributed by atoms with van der Waals surface area (Å²) >= 11 is 12.6. The summed E-state index contributed by atoms with van der Waals surface area (Å²) in [5.74, 6) is 0.128. The molecule has 0 aliphatic rings. The second-order valence-corrected chi connectivity index (χ2v) is 7.19. The molecule has 33 heavy (non-hydrogen) atoms. The van der Waals surface area contributed by atoms with Crippen molar-refractivity contribution in [3.05, 3.63) is 35.4 Å². The van der Waals surface area contributed by atoms with Crippen molar-refractivity contribution in [2.24, 2.45) is 10.2 Å². The van der Waals surface area contributed by atoms with E-state index in [1.165, 1.54) is 33.3 Å². The number of methoxy groups -OCH3 is 2. The van der Waals surface area contributed by atoms with Crippen LogP contribution in [0.1, 0.15) is 20.8 Å². The summed E-state index contributed by atoms with van der Waals surface area (Å²) < 4.78 is 22.2. The Balaban J connectivity index is 2.40. The van der Waals surface area contributed by atoms with Crippen LogP contribution >= 0.6 is 23.4 Å². The van der Waals surface area contributed by atoms with E-state index in [9.17, 15) is 9.59 Å². The first-order chi connectivity index (χ1) is 15.8. The summed E-state index contributed by atoms with van der Waals surface area (Å²) in [6.45, 7) is 5.54. The lowest BCUT2D eigenvalue weighted by Crippen LogP contribution is -2.36. The topological polar surface area (TPSA) is 99.0 Å². The highest BCUT2D eigenvalue weighted by Crippen LogP contribution is 2.42. The second kappa shape index (κ2) is 12.3. The Kier molecular flexibility index (Phi) is 9.74. The quantitative estimate of drug-likeness (QED) is 0.234. The number of ether oxygens (including phenoxy) is 4. The van der Waals surface area contributed by atoms with Crippen molar-refractivity contribution in [2.75, 3.05) is 31.9 Å². The maximum Gasteiger partial charge on any atom is 0.276 e. The molecule has 9 nitrogen and oxygen atoms in total. The molecule has 2 aromatic carbocycles. The molecule has 2 rings (SSSR count). The Bertz CT molecular complexity index is 1030. The number of hydrogen-bond acceptors (Lipinski definition) is 8. The molecule has 0 spiro atoms. The van der Waals surface area contributed by atoms with Crippen LogP contribution < -0.4 is 23.4 Å². The Hall–Kier alpha value is -3.04. The van der Waals surface area contributed by atoms with Crippen LogP contribution in [0.4, 0.5) is 11.4 Å². The molecule has 11 heteroatoms. The number of hydrogen-bond donors (Lipinski definition) is 0. The number of carbonyl (C=O) groups is 2. The van der Waals surface area contributed by atoms with E-state index in [1.54, 1.807) is 25.1 Å². The van der Waals surface area contributed by atoms with Crippen LogP contribution in [0.25, 0.3) is 0 Å². The first-order valence-corrected chi connectivity index (χ1v) is 10.7. The molecule has 0 N–H and O–H groups in total. The lowest BCUT2D eigenvalue weighted by Gasteiger charge is -2.18. The smallest absolute Gasteiger partial charge is 0.276 e. The van der Waals surface area contributed by atoms with Gasteiger partial charge in [0.15, 0.2) is 17.3 Å². The van der Waals surface area contributed by atoms with Crippen LogP contribution in [-0.4, -0.2) is 45.2 Å². The highest BCUT2D eigenvalue weighted by Gasteiger charge is 2.30. The van der Waals surface area contributed by atoms with Gasteiger partial charge < -0.3 is 18.9 Å². The fraction of sp³-hybridized carbons (Fsp3) is 0.364. The molecule has 0 heterocycles. The molecule has 1 atom stereocenters. The largest absolute Gasteiger partial charge is 0.493 e. The van der Waals surface area contributed by atoms with Gasteiger partial charge in [-0.25, -0.2) is 4.42 Å². The van der Waals surface area contributed by atoms with Crippen LogP contribution in [0, 0.1) is 0 Å². The number of nitrogens with zero attached hydrogens (tertiary/aromatic N) is 3. The zero-order valence-electron chi connectivity index (χ0n) is 18.9. The zero-order chi connectivity index (χ0) is 24.5. The summed E-state index contributed by atoms with van der Waals surface area (Å²) in [5, 5.41) is 8.15. The lowest BCUT2D eigenvalue weighted by atomic mass is 10.2. The third-order valence-corrected chi connectivity index (χ3v) is 5.05. The number of ketones is 1. The number of anilines is 1. The number of Topliss-reactive ketones (excluding diaryl/α,β-unsaturated/α-hetero) is 1. The number of benzene rings is 2. The van der Waals surface area contributed by atoms with Gasteiger partial charge in [0.25, 0.3) is 5.91 Å². The molecule has 0 fully saturated rings. The lowest BCUT2D eigenvalue weighted by molar-refractivity contribution is -0.126. The minimum absolute atomic E-state index is 0.135. The summed E-state index contributed by atoms with van der Waals surface area (Å²) in [7, 11) is 2.93. The van der Waals surface area contributed by atoms with Crippen molar-refractivity contribution in [3.8, 4) is 23.0 Å². The number of amides is 1. The van der Waals surface area contributed by atoms with Crippen molar-refractivity contribution in [1.29, 1.82) is 0 Å². The van der Waals surface area contributed by atoms with Crippen molar-refractivity contribution in [3.63, 3.8) is 0 Å². The second-order valence-electron chi connectivity index (χ2n) is 6.48. The van der Waals surface area contributed by atoms with Gasteiger partial charge in [0.05, 0.1) is 33.1 Å². The molecule has 178 valence electrons. The molecule has 1 amide bonds. The summed E-state index contributed by atoms with van der Waals surface area (Å²) in [6, 6.07) is 6.35. The van der Waals surface area contributed by atoms with Crippen LogP contribution in [0.5, 0.6) is 23.0 Å². The minimum Gasteiger partial charge on any atom is -0.493 e. The molecular formula is C22H25Cl2N3O6. The van der Waals surface area contributed by atoms with Gasteiger partial charge in [-0.05, 0) is 45.0 Å². The van der Waals surface area contributed by atoms with Gasteiger partial charge in [-0.3, -0.25) is 9.59 Å². The van der Waals surface area contributed by atoms with E-state index in [2.05, 4.69) is 10.2 Å². The predicted octanol–water partition coefficient (Wildman–Crippen LogP) is 5.38. The average molecular weight is 498 g/mol. The van der Waals surface area contributed by atoms with Crippen LogP contribution in [0.15, 0.2) is 40.6 Å². The monoisotopic (exact) mass is 497 g/mol. The van der Waals surface area contributed by atoms with E-state index in [0.29, 0.717) is 36.2 Å². The van der Waals surface area contributed by atoms with Crippen molar-refractivity contribution in [1.82, 2.24) is 0 Å². The highest BCUT2D eigenvalue weighted by molar-refractivity contribution is 6.39. The maximum atomic E-state index is 13.0. The first-order valence-electron chi connectivity index (χ1n) is 10.00. The third-order valence-electron chi connectivity index (χ3n) is 4.32. The summed E-state index contributed by atoms with van der Waals surface area (Å²) in [4.78, 5) is 25.2. The standard InChI is InChI=1S/C22H25Cl2N3O6/c1-6-32-16-10-11-17(33-7-2)21(19(16)23)26-25-20(13(3)28)22(29)27(24)14-8-9-15(30-4)18(12-14)31-5/h8-12,20H,6-7H2,1-5H3. The van der Waals surface area contributed by atoms with Gasteiger partial charge in [0, 0.05) is 17.8 Å². The fourth-order valence-corrected chi connectivity index (χ4v) is 3.21. The molecule has 0 aliphatic heterocycles. The van der Waals surface area contributed by atoms with Gasteiger partial charge in [0.1, 0.15) is 22.2 Å². The van der Waals surface area contributed by atoms with E-state index in [1.807, 2.05) is 6.92 Å². The summed E-state index contributed by atoms with van der Waals surface area (Å²) in [5.41, 5.74) is 0.392. The number of halogens is 2. The molecule has 0 radical (unpaired) electrons. The Morgan fingerprint density at radius 2 is 1.55 bits per heavy atom. The van der Waals surface area contributed by atoms with Gasteiger partial charge in [-0.15, -0.1) is 5.11 Å². The first kappa shape index (κ1) is 26.2. The molecule has 0 aliphatic carbocycles. The molecule has 0 bridgehead atoms. The Labute approximate surface area is 202 Å². The van der Waals surface area contributed by atoms with E-state index >= 15 is 0 Å². The van der Waals surface area contributed by atoms with Crippen LogP contribution in [0.3, 0.4) is 0 Å². The molecular weight excluding hydrogens is 473 g/mol. The van der Waals surface area contributed by atoms with Gasteiger partial charge >= 0.3 is 0 Å².